The highest BCUT2D eigenvalue weighted by molar-refractivity contribution is 7.88. The van der Waals surface area contributed by atoms with Crippen molar-refractivity contribution in [1.29, 1.82) is 0 Å². The van der Waals surface area contributed by atoms with E-state index in [4.69, 9.17) is 0 Å². The molecule has 11 nitrogen and oxygen atoms in total. The van der Waals surface area contributed by atoms with Gasteiger partial charge in [0, 0.05) is 37.7 Å². The Balaban J connectivity index is 1.09. The molecule has 1 unspecified atom stereocenters. The molecule has 0 aliphatic heterocycles. The van der Waals surface area contributed by atoms with Crippen LogP contribution in [0.25, 0.3) is 22.1 Å². The Morgan fingerprint density at radius 3 is 2.65 bits per heavy atom. The molecule has 4 atom stereocenters. The number of fused-ring (bicyclic) bond motifs is 2. The normalized spacial score (nSPS) is 23.1. The number of alkyl halides is 3. The van der Waals surface area contributed by atoms with Crippen molar-refractivity contribution in [2.75, 3.05) is 24.7 Å². The van der Waals surface area contributed by atoms with Crippen LogP contribution < -0.4 is 5.32 Å². The van der Waals surface area contributed by atoms with Gasteiger partial charge in [-0.3, -0.25) is 0 Å². The third-order valence-electron chi connectivity index (χ3n) is 8.39. The van der Waals surface area contributed by atoms with Gasteiger partial charge in [0.15, 0.2) is 0 Å². The summed E-state index contributed by atoms with van der Waals surface area (Å²) in [6, 6.07) is 5.13. The molecule has 4 N–H and O–H groups in total. The fourth-order valence-corrected chi connectivity index (χ4v) is 6.85. The first-order chi connectivity index (χ1) is 20.4. The van der Waals surface area contributed by atoms with Crippen molar-refractivity contribution in [3.05, 3.63) is 48.2 Å². The smallest absolute Gasteiger partial charge is 0.390 e. The number of aliphatic hydroxyl groups excluding tert-OH is 2. The lowest BCUT2D eigenvalue weighted by molar-refractivity contribution is -0.137. The molecular formula is C28H34F3N7O4S. The van der Waals surface area contributed by atoms with E-state index in [1.54, 1.807) is 0 Å². The van der Waals surface area contributed by atoms with Crippen molar-refractivity contribution < 1.29 is 31.8 Å². The number of benzene rings is 1. The third-order valence-corrected chi connectivity index (χ3v) is 9.66. The number of aryl methyl sites for hydroxylation is 1. The summed E-state index contributed by atoms with van der Waals surface area (Å²) in [5.41, 5.74) is 0.606. The summed E-state index contributed by atoms with van der Waals surface area (Å²) in [6.45, 7) is 0.234. The number of imidazole rings is 1. The molecule has 4 aromatic rings. The maximum absolute atomic E-state index is 13.0. The molecule has 3 aromatic heterocycles. The molecule has 0 saturated heterocycles. The average Bonchev–Trinajstić information content (AvgIpc) is 3.39. The van der Waals surface area contributed by atoms with E-state index in [2.05, 4.69) is 25.3 Å². The largest absolute Gasteiger partial charge is 0.416 e. The van der Waals surface area contributed by atoms with Crippen molar-refractivity contribution in [1.82, 2.24) is 28.8 Å². The number of nitrogens with one attached hydrogen (secondary N) is 2. The van der Waals surface area contributed by atoms with Crippen LogP contribution in [0, 0.1) is 5.92 Å². The van der Waals surface area contributed by atoms with Gasteiger partial charge in [0.25, 0.3) is 0 Å². The number of aromatic nitrogens is 5. The van der Waals surface area contributed by atoms with Crippen LogP contribution >= 0.6 is 0 Å². The number of aromatic amines is 1. The number of unbranched alkanes of at least 4 members (excludes halogenated alkanes) is 1. The zero-order valence-electron chi connectivity index (χ0n) is 23.5. The van der Waals surface area contributed by atoms with Gasteiger partial charge >= 0.3 is 6.18 Å². The van der Waals surface area contributed by atoms with Gasteiger partial charge in [0.2, 0.25) is 10.0 Å². The SMILES string of the molecule is CS(=O)(=O)N(CCCCc1nc2ccc(C(F)(F)F)cc2[nH]1)C[C@H]1C[C@@H](n2ccc3c(NC4CC4)ncnc32)[C@H](O)C1O. The molecule has 15 heteroatoms. The van der Waals surface area contributed by atoms with Crippen LogP contribution in [0.2, 0.25) is 0 Å². The summed E-state index contributed by atoms with van der Waals surface area (Å²) in [6.07, 6.45) is 1.69. The minimum atomic E-state index is -4.45. The lowest BCUT2D eigenvalue weighted by atomic mass is 10.1. The fraction of sp³-hybridized carbons (Fsp3) is 0.536. The van der Waals surface area contributed by atoms with Crippen LogP contribution in [0.1, 0.15) is 49.5 Å². The first kappa shape index (κ1) is 29.8. The summed E-state index contributed by atoms with van der Waals surface area (Å²) in [4.78, 5) is 16.0. The zero-order chi connectivity index (χ0) is 30.5. The van der Waals surface area contributed by atoms with Crippen LogP contribution in [0.15, 0.2) is 36.8 Å². The highest BCUT2D eigenvalue weighted by Crippen LogP contribution is 2.39. The Kier molecular flexibility index (Phi) is 7.85. The van der Waals surface area contributed by atoms with Gasteiger partial charge in [-0.05, 0) is 56.4 Å². The van der Waals surface area contributed by atoms with Crippen molar-refractivity contribution in [2.24, 2.45) is 5.92 Å². The summed E-state index contributed by atoms with van der Waals surface area (Å²) in [5.74, 6) is 0.750. The number of rotatable bonds is 11. The molecule has 0 bridgehead atoms. The van der Waals surface area contributed by atoms with Gasteiger partial charge in [-0.1, -0.05) is 0 Å². The predicted octanol–water partition coefficient (Wildman–Crippen LogP) is 3.47. The molecule has 2 aliphatic rings. The molecular weight excluding hydrogens is 587 g/mol. The molecule has 6 rings (SSSR count). The predicted molar refractivity (Wildman–Crippen MR) is 154 cm³/mol. The summed E-state index contributed by atoms with van der Waals surface area (Å²) >= 11 is 0. The van der Waals surface area contributed by atoms with Crippen LogP contribution in [0.3, 0.4) is 0 Å². The molecule has 2 fully saturated rings. The van der Waals surface area contributed by atoms with Crippen molar-refractivity contribution in [3.8, 4) is 0 Å². The van der Waals surface area contributed by atoms with Gasteiger partial charge in [0.1, 0.15) is 29.7 Å². The van der Waals surface area contributed by atoms with Crippen molar-refractivity contribution in [3.63, 3.8) is 0 Å². The standard InChI is InChI=1S/C28H34F3N7O4S/c1-43(41,42)37(10-3-2-4-23-35-20-8-5-17(28(29,30)31)13-21(20)36-23)14-16-12-22(25(40)24(16)39)38-11-9-19-26(34-18-6-7-18)32-15-33-27(19)38/h5,8-9,11,13,15-16,18,22,24-25,39-40H,2-4,6-7,10,12,14H2,1H3,(H,35,36)(H,32,33,34)/t16-,22-,24?,25+/m1/s1. The second kappa shape index (κ2) is 11.3. The van der Waals surface area contributed by atoms with Crippen LogP contribution in [-0.4, -0.2) is 85.0 Å². The summed E-state index contributed by atoms with van der Waals surface area (Å²) < 4.78 is 67.5. The number of anilines is 1. The van der Waals surface area contributed by atoms with Crippen molar-refractivity contribution >= 4 is 37.9 Å². The van der Waals surface area contributed by atoms with E-state index in [1.165, 1.54) is 16.7 Å². The monoisotopic (exact) mass is 621 g/mol. The molecule has 1 aromatic carbocycles. The Morgan fingerprint density at radius 2 is 1.93 bits per heavy atom. The number of aliphatic hydroxyl groups is 2. The molecule has 0 amide bonds. The Hall–Kier alpha value is -3.27. The Labute approximate surface area is 246 Å². The minimum Gasteiger partial charge on any atom is -0.390 e. The molecule has 2 saturated carbocycles. The highest BCUT2D eigenvalue weighted by Gasteiger charge is 2.44. The van der Waals surface area contributed by atoms with Gasteiger partial charge < -0.3 is 25.1 Å². The fourth-order valence-electron chi connectivity index (χ4n) is 5.92. The van der Waals surface area contributed by atoms with Crippen LogP contribution in [0.4, 0.5) is 19.0 Å². The second-order valence-electron chi connectivity index (χ2n) is 11.6. The van der Waals surface area contributed by atoms with Crippen molar-refractivity contribution in [2.45, 2.75) is 69.0 Å². The maximum atomic E-state index is 13.0. The van der Waals surface area contributed by atoms with Crippen LogP contribution in [-0.2, 0) is 22.6 Å². The molecule has 232 valence electrons. The molecule has 43 heavy (non-hydrogen) atoms. The first-order valence-corrected chi connectivity index (χ1v) is 16.2. The zero-order valence-corrected chi connectivity index (χ0v) is 24.3. The average molecular weight is 622 g/mol. The quantitative estimate of drug-likeness (QED) is 0.186. The number of nitrogens with zero attached hydrogens (tertiary/aromatic N) is 5. The number of hydrogen-bond donors (Lipinski definition) is 4. The van der Waals surface area contributed by atoms with E-state index in [0.717, 1.165) is 42.4 Å². The molecule has 0 radical (unpaired) electrons. The van der Waals surface area contributed by atoms with E-state index in [0.29, 0.717) is 54.2 Å². The molecule has 3 heterocycles. The van der Waals surface area contributed by atoms with E-state index >= 15 is 0 Å². The lowest BCUT2D eigenvalue weighted by Crippen LogP contribution is -2.39. The lowest BCUT2D eigenvalue weighted by Gasteiger charge is -2.25. The highest BCUT2D eigenvalue weighted by atomic mass is 32.2. The van der Waals surface area contributed by atoms with Gasteiger partial charge in [-0.15, -0.1) is 0 Å². The van der Waals surface area contributed by atoms with E-state index in [-0.39, 0.29) is 13.1 Å². The second-order valence-corrected chi connectivity index (χ2v) is 13.6. The van der Waals surface area contributed by atoms with E-state index in [1.807, 2.05) is 16.8 Å². The maximum Gasteiger partial charge on any atom is 0.416 e. The minimum absolute atomic E-state index is 0.0427. The van der Waals surface area contributed by atoms with E-state index in [9.17, 15) is 31.8 Å². The Morgan fingerprint density at radius 1 is 1.14 bits per heavy atom. The van der Waals surface area contributed by atoms with Gasteiger partial charge in [0.05, 0.1) is 40.4 Å². The molecule has 0 spiro atoms. The molecule has 2 aliphatic carbocycles. The number of H-pyrrole nitrogens is 1. The topological polar surface area (TPSA) is 149 Å². The third kappa shape index (κ3) is 6.35. The number of halogens is 3. The summed E-state index contributed by atoms with van der Waals surface area (Å²) in [5, 5.41) is 26.1. The number of hydrogen-bond acceptors (Lipinski definition) is 8. The van der Waals surface area contributed by atoms with Crippen LogP contribution in [0.5, 0.6) is 0 Å². The Bertz CT molecular complexity index is 1720. The summed E-state index contributed by atoms with van der Waals surface area (Å²) in [7, 11) is -3.62. The number of sulfonamides is 1. The van der Waals surface area contributed by atoms with Gasteiger partial charge in [-0.2, -0.15) is 13.2 Å². The van der Waals surface area contributed by atoms with E-state index < -0.39 is 45.9 Å². The first-order valence-electron chi connectivity index (χ1n) is 14.3. The van der Waals surface area contributed by atoms with Gasteiger partial charge in [-0.25, -0.2) is 27.7 Å².